The Bertz CT molecular complexity index is 1990. The van der Waals surface area contributed by atoms with Crippen LogP contribution in [0.1, 0.15) is 76.0 Å². The predicted molar refractivity (Wildman–Crippen MR) is 233 cm³/mol. The molecule has 1 aliphatic heterocycles. The van der Waals surface area contributed by atoms with Crippen molar-refractivity contribution in [1.82, 2.24) is 5.32 Å². The molecule has 0 saturated heterocycles. The Morgan fingerprint density at radius 2 is 1.55 bits per heavy atom. The standard InChI is InChI=1S/C19H17Cl2NO4.C13H19N3O4.C3H8NO5P.C3H9S/c1-2-26-19(25)16(21)10-11-9-12(7-8-15(11)20)22-17(23)13-5-3-4-6-14(13)18(22)24;1-5-10(6-2)14-12-11(15(17)18)7-8(3)9(4)13(12)16(19)20;5-3(6)1-4-2-10(7,8)9;1-4(2)3/h7-10H,2-6H2,1H3;7,10,14H,5-6H2,1-4H3;4H,1-2H2,(H,5,6)(H2,7,8,9);1-3H3/q;;;+1/p-1/b16-10-;;;. The number of ether oxygens (including phenoxy) is 1. The minimum absolute atomic E-state index is 0.0109. The fraction of sp³-hybridized carbons (Fsp3) is 0.474. The van der Waals surface area contributed by atoms with Gasteiger partial charge >= 0.3 is 17.6 Å². The molecule has 22 heteroatoms. The zero-order valence-electron chi connectivity index (χ0n) is 34.7. The van der Waals surface area contributed by atoms with Crippen LogP contribution in [0.3, 0.4) is 0 Å². The lowest BCUT2D eigenvalue weighted by atomic mass is 9.93. The molecule has 1 atom stereocenters. The van der Waals surface area contributed by atoms with Gasteiger partial charge in [0.25, 0.3) is 17.5 Å². The number of rotatable bonds is 14. The molecule has 1 unspecified atom stereocenters. The third-order valence-electron chi connectivity index (χ3n) is 8.47. The van der Waals surface area contributed by atoms with Crippen LogP contribution in [0.15, 0.2) is 40.4 Å². The number of hydrogen-bond donors (Lipinski definition) is 4. The third-order valence-corrected chi connectivity index (χ3v) is 9.71. The van der Waals surface area contributed by atoms with Crippen molar-refractivity contribution in [3.63, 3.8) is 0 Å². The summed E-state index contributed by atoms with van der Waals surface area (Å²) in [6.45, 7) is 8.50. The van der Waals surface area contributed by atoms with Gasteiger partial charge in [-0.1, -0.05) is 37.0 Å². The largest absolute Gasteiger partial charge is 0.778 e. The molecule has 2 aliphatic rings. The minimum atomic E-state index is -4.35. The lowest BCUT2D eigenvalue weighted by Gasteiger charge is -2.17. The van der Waals surface area contributed by atoms with E-state index in [1.807, 2.05) is 19.2 Å². The second-order valence-electron chi connectivity index (χ2n) is 13.6. The molecule has 0 bridgehead atoms. The number of halogens is 2. The highest BCUT2D eigenvalue weighted by Crippen LogP contribution is 2.40. The molecule has 4 N–H and O–H groups in total. The first-order chi connectivity index (χ1) is 27.9. The van der Waals surface area contributed by atoms with Crippen LogP contribution in [0.4, 0.5) is 22.7 Å². The Morgan fingerprint density at radius 3 is 1.98 bits per heavy atom. The summed E-state index contributed by atoms with van der Waals surface area (Å²) < 4.78 is 14.8. The Hall–Kier alpha value is -4.36. The third kappa shape index (κ3) is 17.0. The molecule has 0 radical (unpaired) electrons. The van der Waals surface area contributed by atoms with Crippen molar-refractivity contribution < 1.29 is 53.2 Å². The number of carbonyl (C=O) groups is 4. The molecule has 0 fully saturated rings. The maximum Gasteiger partial charge on any atom is 0.349 e. The van der Waals surface area contributed by atoms with Gasteiger partial charge in [0.1, 0.15) is 12.6 Å². The lowest BCUT2D eigenvalue weighted by Crippen LogP contribution is -2.31. The molecule has 0 spiro atoms. The average molecular weight is 921 g/mol. The molecular formula is C38H52Cl2N5O13PS. The summed E-state index contributed by atoms with van der Waals surface area (Å²) in [4.78, 5) is 87.2. The normalized spacial score (nSPS) is 14.5. The predicted octanol–water partition coefficient (Wildman–Crippen LogP) is 6.60. The Kier molecular flexibility index (Phi) is 22.7. The zero-order chi connectivity index (χ0) is 46.1. The van der Waals surface area contributed by atoms with Gasteiger partial charge in [0.15, 0.2) is 5.69 Å². The van der Waals surface area contributed by atoms with Crippen LogP contribution in [0.5, 0.6) is 0 Å². The highest BCUT2D eigenvalue weighted by atomic mass is 35.5. The summed E-state index contributed by atoms with van der Waals surface area (Å²) in [5.41, 5.74) is 2.60. The number of aliphatic carboxylic acids is 1. The molecule has 0 aromatic heterocycles. The Balaban J connectivity index is 0.000000467. The highest BCUT2D eigenvalue weighted by molar-refractivity contribution is 7.94. The molecule has 60 heavy (non-hydrogen) atoms. The van der Waals surface area contributed by atoms with Crippen molar-refractivity contribution in [2.45, 2.75) is 79.2 Å². The second kappa shape index (κ2) is 25.4. The van der Waals surface area contributed by atoms with Gasteiger partial charge in [-0.25, -0.2) is 9.69 Å². The SMILES string of the molecule is CCC(CC)Nc1c([N+](=O)[O-])cc(C)c(C)c1[N+](=O)[O-].CCOC(=O)/C(Cl)=C/c1cc(N2C(=O)C3=C(CCCC3)C2=O)ccc1Cl.C[S+](C)C.O=C(O)CNCP(=O)([O-])O. The molecule has 2 aromatic rings. The van der Waals surface area contributed by atoms with Gasteiger partial charge in [0, 0.05) is 33.8 Å². The van der Waals surface area contributed by atoms with Crippen molar-refractivity contribution >= 4 is 94.3 Å². The van der Waals surface area contributed by atoms with E-state index in [0.29, 0.717) is 62.3 Å². The van der Waals surface area contributed by atoms with E-state index in [1.165, 1.54) is 17.0 Å². The first kappa shape index (κ1) is 53.7. The number of carboxylic acids is 1. The maximum absolute atomic E-state index is 12.7. The van der Waals surface area contributed by atoms with Crippen LogP contribution < -0.4 is 20.4 Å². The number of benzene rings is 2. The van der Waals surface area contributed by atoms with Crippen LogP contribution in [-0.2, 0) is 39.4 Å². The number of amides is 2. The number of carbonyl (C=O) groups excluding carboxylic acids is 3. The number of imide groups is 1. The van der Waals surface area contributed by atoms with Gasteiger partial charge in [-0.2, -0.15) is 0 Å². The zero-order valence-corrected chi connectivity index (χ0v) is 37.9. The van der Waals surface area contributed by atoms with Gasteiger partial charge in [-0.3, -0.25) is 39.9 Å². The fourth-order valence-corrected chi connectivity index (χ4v) is 6.29. The molecule has 1 aliphatic carbocycles. The summed E-state index contributed by atoms with van der Waals surface area (Å²) in [7, 11) is -3.71. The van der Waals surface area contributed by atoms with E-state index >= 15 is 0 Å². The molecular weight excluding hydrogens is 868 g/mol. The van der Waals surface area contributed by atoms with Crippen LogP contribution in [0.2, 0.25) is 5.02 Å². The number of nitro benzene ring substituents is 2. The van der Waals surface area contributed by atoms with E-state index in [-0.39, 0.29) is 46.6 Å². The molecule has 2 amide bonds. The van der Waals surface area contributed by atoms with Crippen LogP contribution in [0, 0.1) is 34.1 Å². The van der Waals surface area contributed by atoms with Crippen molar-refractivity contribution in [3.8, 4) is 0 Å². The summed E-state index contributed by atoms with van der Waals surface area (Å²) >= 11 is 12.1. The molecule has 18 nitrogen and oxygen atoms in total. The van der Waals surface area contributed by atoms with Crippen LogP contribution in [0.25, 0.3) is 6.08 Å². The molecule has 1 heterocycles. The van der Waals surface area contributed by atoms with Crippen molar-refractivity contribution in [2.75, 3.05) is 48.4 Å². The molecule has 2 aromatic carbocycles. The quantitative estimate of drug-likeness (QED) is 0.0295. The smallest absolute Gasteiger partial charge is 0.349 e. The fourth-order valence-electron chi connectivity index (χ4n) is 5.55. The second-order valence-corrected chi connectivity index (χ2v) is 18.5. The van der Waals surface area contributed by atoms with Gasteiger partial charge in [0.05, 0.1) is 53.7 Å². The summed E-state index contributed by atoms with van der Waals surface area (Å²) in [5.74, 6) is -2.40. The lowest BCUT2D eigenvalue weighted by molar-refractivity contribution is -0.392. The Labute approximate surface area is 361 Å². The number of aryl methyl sites for hydroxylation is 1. The van der Waals surface area contributed by atoms with Gasteiger partial charge in [-0.05, 0) is 106 Å². The monoisotopic (exact) mass is 919 g/mol. The summed E-state index contributed by atoms with van der Waals surface area (Å²) in [6, 6.07) is 6.09. The van der Waals surface area contributed by atoms with Crippen molar-refractivity contribution in [1.29, 1.82) is 0 Å². The molecule has 332 valence electrons. The number of nitrogens with one attached hydrogen (secondary N) is 2. The number of nitro groups is 2. The van der Waals surface area contributed by atoms with Crippen molar-refractivity contribution in [2.24, 2.45) is 0 Å². The van der Waals surface area contributed by atoms with E-state index in [9.17, 15) is 48.9 Å². The van der Waals surface area contributed by atoms with Crippen molar-refractivity contribution in [3.05, 3.63) is 82.4 Å². The van der Waals surface area contributed by atoms with E-state index in [0.717, 1.165) is 25.7 Å². The van der Waals surface area contributed by atoms with E-state index in [1.54, 1.807) is 39.0 Å². The number of hydrogen-bond acceptors (Lipinski definition) is 13. The molecule has 0 saturated carbocycles. The highest BCUT2D eigenvalue weighted by Gasteiger charge is 2.39. The maximum atomic E-state index is 12.7. The van der Waals surface area contributed by atoms with Crippen LogP contribution >= 0.6 is 30.8 Å². The number of nitrogens with zero attached hydrogens (tertiary/aromatic N) is 3. The number of carboxylic acid groups (broad SMARTS) is 1. The van der Waals surface area contributed by atoms with E-state index < -0.39 is 42.2 Å². The number of esters is 1. The van der Waals surface area contributed by atoms with E-state index in [4.69, 9.17) is 37.9 Å². The first-order valence-corrected chi connectivity index (χ1v) is 23.5. The minimum Gasteiger partial charge on any atom is -0.778 e. The average Bonchev–Trinajstić information content (AvgIpc) is 3.41. The van der Waals surface area contributed by atoms with Gasteiger partial charge in [-0.15, -0.1) is 0 Å². The molecule has 4 rings (SSSR count). The van der Waals surface area contributed by atoms with Gasteiger partial charge in [0.2, 0.25) is 0 Å². The topological polar surface area (TPSA) is 272 Å². The summed E-state index contributed by atoms with van der Waals surface area (Å²) in [6.07, 6.45) is 11.8. The Morgan fingerprint density at radius 1 is 1.02 bits per heavy atom. The van der Waals surface area contributed by atoms with E-state index in [2.05, 4.69) is 24.1 Å². The summed E-state index contributed by atoms with van der Waals surface area (Å²) in [5, 5.41) is 35.6. The van der Waals surface area contributed by atoms with Crippen LogP contribution in [-0.4, -0.2) is 87.8 Å². The van der Waals surface area contributed by atoms with Gasteiger partial charge < -0.3 is 29.5 Å². The first-order valence-electron chi connectivity index (χ1n) is 18.5. The number of anilines is 2.